The van der Waals surface area contributed by atoms with E-state index in [1.54, 1.807) is 41.3 Å². The van der Waals surface area contributed by atoms with Crippen LogP contribution in [0.2, 0.25) is 0 Å². The number of carbonyl (C=O) groups is 2. The molecule has 2 N–H and O–H groups in total. The van der Waals surface area contributed by atoms with Gasteiger partial charge in [0, 0.05) is 61.8 Å². The van der Waals surface area contributed by atoms with Crippen molar-refractivity contribution in [3.05, 3.63) is 64.2 Å². The van der Waals surface area contributed by atoms with Crippen LogP contribution in [-0.4, -0.2) is 54.5 Å². The number of hydrogen-bond donors (Lipinski definition) is 2. The van der Waals surface area contributed by atoms with Gasteiger partial charge in [0.15, 0.2) is 0 Å². The molecule has 1 heterocycles. The number of non-ortho nitro benzene ring substituents is 1. The highest BCUT2D eigenvalue weighted by atomic mass is 16.6. The minimum atomic E-state index is -0.420. The molecular weight excluding hydrogens is 398 g/mol. The molecule has 0 spiro atoms. The van der Waals surface area contributed by atoms with E-state index in [0.717, 1.165) is 5.69 Å². The highest BCUT2D eigenvalue weighted by Crippen LogP contribution is 2.21. The first-order chi connectivity index (χ1) is 14.8. The standard InChI is InChI=1S/C22H27N5O4/c1-16(2)15-23-21(28)17-3-5-18(6-4-17)24-22(29)26-13-11-25(12-14-26)19-7-9-20(10-8-19)27(30)31/h3-10,16H,11-15H2,1-2H3,(H,23,28)(H,24,29). The number of piperazine rings is 1. The third kappa shape index (κ3) is 5.94. The Bertz CT molecular complexity index is 920. The Hall–Kier alpha value is -3.62. The van der Waals surface area contributed by atoms with E-state index in [0.29, 0.717) is 49.9 Å². The van der Waals surface area contributed by atoms with Gasteiger partial charge in [-0.25, -0.2) is 4.79 Å². The van der Waals surface area contributed by atoms with E-state index in [1.165, 1.54) is 12.1 Å². The molecule has 164 valence electrons. The second-order valence-corrected chi connectivity index (χ2v) is 7.86. The number of hydrogen-bond acceptors (Lipinski definition) is 5. The Morgan fingerprint density at radius 3 is 2.16 bits per heavy atom. The number of nitrogens with one attached hydrogen (secondary N) is 2. The smallest absolute Gasteiger partial charge is 0.321 e. The maximum absolute atomic E-state index is 12.6. The number of benzene rings is 2. The van der Waals surface area contributed by atoms with Gasteiger partial charge in [0.25, 0.3) is 11.6 Å². The first kappa shape index (κ1) is 22.1. The maximum atomic E-state index is 12.6. The van der Waals surface area contributed by atoms with Crippen molar-refractivity contribution in [2.24, 2.45) is 5.92 Å². The zero-order valence-electron chi connectivity index (χ0n) is 17.7. The summed E-state index contributed by atoms with van der Waals surface area (Å²) in [6, 6.07) is 13.1. The lowest BCUT2D eigenvalue weighted by atomic mass is 10.1. The summed E-state index contributed by atoms with van der Waals surface area (Å²) in [4.78, 5) is 38.8. The summed E-state index contributed by atoms with van der Waals surface area (Å²) in [5, 5.41) is 16.5. The molecule has 0 aliphatic carbocycles. The molecule has 31 heavy (non-hydrogen) atoms. The molecule has 0 saturated carbocycles. The van der Waals surface area contributed by atoms with E-state index in [-0.39, 0.29) is 17.6 Å². The SMILES string of the molecule is CC(C)CNC(=O)c1ccc(NC(=O)N2CCN(c3ccc([N+](=O)[O-])cc3)CC2)cc1. The van der Waals surface area contributed by atoms with Crippen molar-refractivity contribution in [3.63, 3.8) is 0 Å². The number of nitro groups is 1. The largest absolute Gasteiger partial charge is 0.368 e. The highest BCUT2D eigenvalue weighted by Gasteiger charge is 2.22. The van der Waals surface area contributed by atoms with Gasteiger partial charge in [-0.1, -0.05) is 13.8 Å². The molecule has 0 aromatic heterocycles. The number of nitro benzene ring substituents is 1. The van der Waals surface area contributed by atoms with Gasteiger partial charge in [0.1, 0.15) is 0 Å². The fourth-order valence-corrected chi connectivity index (χ4v) is 3.26. The van der Waals surface area contributed by atoms with E-state index >= 15 is 0 Å². The molecule has 2 aromatic rings. The van der Waals surface area contributed by atoms with Gasteiger partial charge in [-0.15, -0.1) is 0 Å². The Balaban J connectivity index is 1.49. The molecule has 3 amide bonds. The second kappa shape index (κ2) is 9.92. The van der Waals surface area contributed by atoms with Crippen LogP contribution >= 0.6 is 0 Å². The van der Waals surface area contributed by atoms with Crippen molar-refractivity contribution < 1.29 is 14.5 Å². The van der Waals surface area contributed by atoms with Crippen molar-refractivity contribution in [1.29, 1.82) is 0 Å². The third-order valence-electron chi connectivity index (χ3n) is 5.06. The molecule has 9 heteroatoms. The number of rotatable bonds is 6. The van der Waals surface area contributed by atoms with E-state index in [1.807, 2.05) is 13.8 Å². The monoisotopic (exact) mass is 425 g/mol. The van der Waals surface area contributed by atoms with Gasteiger partial charge in [-0.3, -0.25) is 14.9 Å². The zero-order chi connectivity index (χ0) is 22.4. The van der Waals surface area contributed by atoms with Gasteiger partial charge in [-0.05, 0) is 42.3 Å². The predicted molar refractivity (Wildman–Crippen MR) is 120 cm³/mol. The third-order valence-corrected chi connectivity index (χ3v) is 5.06. The molecule has 3 rings (SSSR count). The lowest BCUT2D eigenvalue weighted by molar-refractivity contribution is -0.384. The van der Waals surface area contributed by atoms with E-state index < -0.39 is 4.92 Å². The Kier molecular flexibility index (Phi) is 7.07. The quantitative estimate of drug-likeness (QED) is 0.545. The van der Waals surface area contributed by atoms with Gasteiger partial charge in [-0.2, -0.15) is 0 Å². The molecule has 0 bridgehead atoms. The average Bonchev–Trinajstić information content (AvgIpc) is 2.78. The van der Waals surface area contributed by atoms with Gasteiger partial charge >= 0.3 is 6.03 Å². The van der Waals surface area contributed by atoms with E-state index in [2.05, 4.69) is 15.5 Å². The molecule has 1 saturated heterocycles. The maximum Gasteiger partial charge on any atom is 0.321 e. The Morgan fingerprint density at radius 2 is 1.61 bits per heavy atom. The van der Waals surface area contributed by atoms with Crippen LogP contribution in [0.3, 0.4) is 0 Å². The van der Waals surface area contributed by atoms with Crippen molar-refractivity contribution >= 4 is 29.0 Å². The van der Waals surface area contributed by atoms with Crippen LogP contribution in [0.25, 0.3) is 0 Å². The minimum Gasteiger partial charge on any atom is -0.368 e. The van der Waals surface area contributed by atoms with Crippen molar-refractivity contribution in [2.75, 3.05) is 42.9 Å². The lowest BCUT2D eigenvalue weighted by Gasteiger charge is -2.36. The average molecular weight is 425 g/mol. The molecule has 0 radical (unpaired) electrons. The van der Waals surface area contributed by atoms with Gasteiger partial charge in [0.05, 0.1) is 4.92 Å². The van der Waals surface area contributed by atoms with Crippen molar-refractivity contribution in [1.82, 2.24) is 10.2 Å². The summed E-state index contributed by atoms with van der Waals surface area (Å²) >= 11 is 0. The number of carbonyl (C=O) groups excluding carboxylic acids is 2. The summed E-state index contributed by atoms with van der Waals surface area (Å²) in [6.45, 7) is 7.04. The summed E-state index contributed by atoms with van der Waals surface area (Å²) in [5.74, 6) is 0.248. The fourth-order valence-electron chi connectivity index (χ4n) is 3.26. The first-order valence-corrected chi connectivity index (χ1v) is 10.3. The number of urea groups is 1. The van der Waals surface area contributed by atoms with Crippen molar-refractivity contribution in [3.8, 4) is 0 Å². The summed E-state index contributed by atoms with van der Waals surface area (Å²) in [7, 11) is 0. The van der Waals surface area contributed by atoms with Crippen LogP contribution in [0, 0.1) is 16.0 Å². The van der Waals surface area contributed by atoms with Crippen LogP contribution in [0.5, 0.6) is 0 Å². The van der Waals surface area contributed by atoms with Gasteiger partial charge in [0.2, 0.25) is 0 Å². The second-order valence-electron chi connectivity index (χ2n) is 7.86. The molecule has 1 aliphatic rings. The Labute approximate surface area is 181 Å². The minimum absolute atomic E-state index is 0.0604. The number of amides is 3. The predicted octanol–water partition coefficient (Wildman–Crippen LogP) is 3.33. The topological polar surface area (TPSA) is 108 Å². The molecular formula is C22H27N5O4. The number of anilines is 2. The molecule has 2 aromatic carbocycles. The van der Waals surface area contributed by atoms with Crippen molar-refractivity contribution in [2.45, 2.75) is 13.8 Å². The molecule has 9 nitrogen and oxygen atoms in total. The van der Waals surface area contributed by atoms with Crippen LogP contribution in [0.15, 0.2) is 48.5 Å². The molecule has 0 unspecified atom stereocenters. The molecule has 1 fully saturated rings. The van der Waals surface area contributed by atoms with E-state index in [4.69, 9.17) is 0 Å². The summed E-state index contributed by atoms with van der Waals surface area (Å²) < 4.78 is 0. The normalized spacial score (nSPS) is 13.8. The van der Waals surface area contributed by atoms with Crippen LogP contribution in [-0.2, 0) is 0 Å². The van der Waals surface area contributed by atoms with E-state index in [9.17, 15) is 19.7 Å². The highest BCUT2D eigenvalue weighted by molar-refractivity contribution is 5.95. The summed E-state index contributed by atoms with van der Waals surface area (Å²) in [6.07, 6.45) is 0. The molecule has 1 aliphatic heterocycles. The first-order valence-electron chi connectivity index (χ1n) is 10.3. The zero-order valence-corrected chi connectivity index (χ0v) is 17.7. The van der Waals surface area contributed by atoms with Crippen LogP contribution in [0.4, 0.5) is 21.9 Å². The van der Waals surface area contributed by atoms with Crippen LogP contribution < -0.4 is 15.5 Å². The number of nitrogens with zero attached hydrogens (tertiary/aromatic N) is 3. The van der Waals surface area contributed by atoms with Crippen LogP contribution in [0.1, 0.15) is 24.2 Å². The Morgan fingerprint density at radius 1 is 1.00 bits per heavy atom. The summed E-state index contributed by atoms with van der Waals surface area (Å²) in [5.41, 5.74) is 2.14. The molecule has 0 atom stereocenters. The van der Waals surface area contributed by atoms with Gasteiger partial charge < -0.3 is 20.4 Å². The fraction of sp³-hybridized carbons (Fsp3) is 0.364. The lowest BCUT2D eigenvalue weighted by Crippen LogP contribution is -2.50.